The maximum atomic E-state index is 13.4. The summed E-state index contributed by atoms with van der Waals surface area (Å²) in [5.74, 6) is -0.551. The summed E-state index contributed by atoms with van der Waals surface area (Å²) in [7, 11) is -3.16. The summed E-state index contributed by atoms with van der Waals surface area (Å²) in [6.07, 6.45) is 2.17. The van der Waals surface area contributed by atoms with Gasteiger partial charge in [0.15, 0.2) is 0 Å². The van der Waals surface area contributed by atoms with Crippen LogP contribution in [0.3, 0.4) is 0 Å². The highest BCUT2D eigenvalue weighted by atomic mass is 32.2. The smallest absolute Gasteiger partial charge is 0.244 e. The molecular weight excluding hydrogens is 295 g/mol. The number of halogens is 1. The molecule has 5 nitrogen and oxygen atoms in total. The van der Waals surface area contributed by atoms with Gasteiger partial charge in [0.25, 0.3) is 0 Å². The molecular formula is C14H17FN2O3S. The molecule has 1 aliphatic carbocycles. The first-order valence-corrected chi connectivity index (χ1v) is 8.89. The van der Waals surface area contributed by atoms with Crippen LogP contribution in [-0.2, 0) is 14.6 Å². The fourth-order valence-electron chi connectivity index (χ4n) is 2.71. The van der Waals surface area contributed by atoms with Crippen LogP contribution in [0.15, 0.2) is 24.3 Å². The van der Waals surface area contributed by atoms with Crippen LogP contribution in [-0.4, -0.2) is 43.3 Å². The number of rotatable bonds is 4. The molecule has 0 bridgehead atoms. The van der Waals surface area contributed by atoms with E-state index in [1.165, 1.54) is 17.0 Å². The Balaban J connectivity index is 1.88. The molecule has 114 valence electrons. The molecule has 1 N–H and O–H groups in total. The number of hydrogen-bond donors (Lipinski definition) is 1. The van der Waals surface area contributed by atoms with E-state index in [-0.39, 0.29) is 24.0 Å². The van der Waals surface area contributed by atoms with E-state index in [2.05, 4.69) is 5.32 Å². The molecule has 1 aliphatic heterocycles. The summed E-state index contributed by atoms with van der Waals surface area (Å²) in [5, 5.41) is 3.24. The molecule has 0 radical (unpaired) electrons. The molecule has 1 aromatic carbocycles. The van der Waals surface area contributed by atoms with Crippen molar-refractivity contribution in [3.05, 3.63) is 35.6 Å². The Bertz CT molecular complexity index is 685. The number of nitrogens with zero attached hydrogens (tertiary/aromatic N) is 1. The molecule has 1 atom stereocenters. The molecule has 21 heavy (non-hydrogen) atoms. The zero-order chi connectivity index (χ0) is 15.3. The molecule has 2 fully saturated rings. The quantitative estimate of drug-likeness (QED) is 0.894. The summed E-state index contributed by atoms with van der Waals surface area (Å²) < 4.78 is 36.1. The van der Waals surface area contributed by atoms with Crippen LogP contribution in [0.2, 0.25) is 0 Å². The Morgan fingerprint density at radius 2 is 2.14 bits per heavy atom. The SMILES string of the molecule is CS(=O)(=O)CCN1C(=O)C2(CC2)NC1c1cccc(F)c1. The standard InChI is InChI=1S/C14H17FN2O3S/c1-21(19,20)8-7-17-12(10-3-2-4-11(15)9-10)16-14(5-6-14)13(17)18/h2-4,9,12,16H,5-8H2,1H3. The van der Waals surface area contributed by atoms with Crippen molar-refractivity contribution >= 4 is 15.7 Å². The van der Waals surface area contributed by atoms with Gasteiger partial charge in [0, 0.05) is 12.8 Å². The Morgan fingerprint density at radius 1 is 1.43 bits per heavy atom. The maximum absolute atomic E-state index is 13.4. The highest BCUT2D eigenvalue weighted by Gasteiger charge is 2.59. The van der Waals surface area contributed by atoms with Gasteiger partial charge in [-0.2, -0.15) is 0 Å². The molecule has 1 spiro atoms. The number of amides is 1. The molecule has 1 unspecified atom stereocenters. The molecule has 1 amide bonds. The molecule has 7 heteroatoms. The van der Waals surface area contributed by atoms with Gasteiger partial charge in [-0.15, -0.1) is 0 Å². The number of nitrogens with one attached hydrogen (secondary N) is 1. The van der Waals surface area contributed by atoms with Gasteiger partial charge in [-0.25, -0.2) is 12.8 Å². The number of carbonyl (C=O) groups excluding carboxylic acids is 1. The van der Waals surface area contributed by atoms with Gasteiger partial charge in [0.2, 0.25) is 5.91 Å². The minimum atomic E-state index is -3.16. The normalized spacial score (nSPS) is 23.8. The van der Waals surface area contributed by atoms with E-state index in [9.17, 15) is 17.6 Å². The van der Waals surface area contributed by atoms with Crippen molar-refractivity contribution in [2.75, 3.05) is 18.6 Å². The van der Waals surface area contributed by atoms with Crippen LogP contribution in [0.5, 0.6) is 0 Å². The van der Waals surface area contributed by atoms with E-state index >= 15 is 0 Å². The summed E-state index contributed by atoms with van der Waals surface area (Å²) in [4.78, 5) is 14.0. The van der Waals surface area contributed by atoms with E-state index in [0.717, 1.165) is 19.1 Å². The van der Waals surface area contributed by atoms with Crippen molar-refractivity contribution in [1.82, 2.24) is 10.2 Å². The third-order valence-electron chi connectivity index (χ3n) is 4.01. The average molecular weight is 312 g/mol. The second kappa shape index (κ2) is 4.78. The van der Waals surface area contributed by atoms with E-state index in [0.29, 0.717) is 5.56 Å². The molecule has 1 saturated carbocycles. The molecule has 1 aromatic rings. The Hall–Kier alpha value is -1.47. The lowest BCUT2D eigenvalue weighted by Crippen LogP contribution is -2.35. The van der Waals surface area contributed by atoms with Crippen molar-refractivity contribution in [3.8, 4) is 0 Å². The first kappa shape index (κ1) is 14.5. The number of benzene rings is 1. The van der Waals surface area contributed by atoms with E-state index in [1.807, 2.05) is 0 Å². The fraction of sp³-hybridized carbons (Fsp3) is 0.500. The largest absolute Gasteiger partial charge is 0.320 e. The van der Waals surface area contributed by atoms with E-state index < -0.39 is 21.5 Å². The molecule has 1 heterocycles. The lowest BCUT2D eigenvalue weighted by molar-refractivity contribution is -0.130. The average Bonchev–Trinajstić information content (AvgIpc) is 3.11. The van der Waals surface area contributed by atoms with E-state index in [4.69, 9.17) is 0 Å². The van der Waals surface area contributed by atoms with Crippen molar-refractivity contribution in [2.24, 2.45) is 0 Å². The van der Waals surface area contributed by atoms with Crippen LogP contribution in [0.25, 0.3) is 0 Å². The maximum Gasteiger partial charge on any atom is 0.244 e. The van der Waals surface area contributed by atoms with Crippen molar-refractivity contribution in [2.45, 2.75) is 24.5 Å². The number of sulfone groups is 1. The second-order valence-electron chi connectivity index (χ2n) is 5.81. The first-order valence-electron chi connectivity index (χ1n) is 6.83. The van der Waals surface area contributed by atoms with Gasteiger partial charge in [-0.05, 0) is 30.5 Å². The first-order chi connectivity index (χ1) is 9.81. The Kier molecular flexibility index (Phi) is 3.29. The van der Waals surface area contributed by atoms with Crippen LogP contribution in [0.1, 0.15) is 24.6 Å². The van der Waals surface area contributed by atoms with Crippen LogP contribution in [0.4, 0.5) is 4.39 Å². The second-order valence-corrected chi connectivity index (χ2v) is 8.07. The van der Waals surface area contributed by atoms with Gasteiger partial charge in [-0.1, -0.05) is 12.1 Å². The third-order valence-corrected chi connectivity index (χ3v) is 4.94. The topological polar surface area (TPSA) is 66.5 Å². The predicted molar refractivity (Wildman–Crippen MR) is 75.7 cm³/mol. The zero-order valence-electron chi connectivity index (χ0n) is 11.7. The Labute approximate surface area is 123 Å². The summed E-state index contributed by atoms with van der Waals surface area (Å²) in [6.45, 7) is 0.119. The monoisotopic (exact) mass is 312 g/mol. The van der Waals surface area contributed by atoms with Gasteiger partial charge < -0.3 is 4.90 Å². The van der Waals surface area contributed by atoms with Gasteiger partial charge in [-0.3, -0.25) is 10.1 Å². The van der Waals surface area contributed by atoms with Crippen molar-refractivity contribution in [1.29, 1.82) is 0 Å². The molecule has 1 saturated heterocycles. The highest BCUT2D eigenvalue weighted by Crippen LogP contribution is 2.45. The molecule has 2 aliphatic rings. The minimum Gasteiger partial charge on any atom is -0.320 e. The summed E-state index contributed by atoms with van der Waals surface area (Å²) in [5.41, 5.74) is 0.0784. The van der Waals surface area contributed by atoms with Gasteiger partial charge in [0.1, 0.15) is 27.4 Å². The van der Waals surface area contributed by atoms with Crippen LogP contribution < -0.4 is 5.32 Å². The van der Waals surface area contributed by atoms with Gasteiger partial charge >= 0.3 is 0 Å². The van der Waals surface area contributed by atoms with Crippen LogP contribution >= 0.6 is 0 Å². The highest BCUT2D eigenvalue weighted by molar-refractivity contribution is 7.90. The molecule has 0 aromatic heterocycles. The van der Waals surface area contributed by atoms with E-state index in [1.54, 1.807) is 12.1 Å². The predicted octanol–water partition coefficient (Wildman–Crippen LogP) is 0.833. The lowest BCUT2D eigenvalue weighted by atomic mass is 10.1. The zero-order valence-corrected chi connectivity index (χ0v) is 12.5. The van der Waals surface area contributed by atoms with Crippen LogP contribution in [0, 0.1) is 5.82 Å². The lowest BCUT2D eigenvalue weighted by Gasteiger charge is -2.24. The Morgan fingerprint density at radius 3 is 2.71 bits per heavy atom. The minimum absolute atomic E-state index is 0.0830. The summed E-state index contributed by atoms with van der Waals surface area (Å²) >= 11 is 0. The van der Waals surface area contributed by atoms with Crippen molar-refractivity contribution < 1.29 is 17.6 Å². The fourth-order valence-corrected chi connectivity index (χ4v) is 3.24. The third kappa shape index (κ3) is 2.80. The number of carbonyl (C=O) groups is 1. The number of hydrogen-bond acceptors (Lipinski definition) is 4. The van der Waals surface area contributed by atoms with Gasteiger partial charge in [0.05, 0.1) is 5.75 Å². The summed E-state index contributed by atoms with van der Waals surface area (Å²) in [6, 6.07) is 6.04. The van der Waals surface area contributed by atoms with Crippen molar-refractivity contribution in [3.63, 3.8) is 0 Å². The molecule has 3 rings (SSSR count).